The molecular formula is C27H31N3O4. The van der Waals surface area contributed by atoms with Crippen LogP contribution in [-0.4, -0.2) is 67.8 Å². The lowest BCUT2D eigenvalue weighted by Gasteiger charge is -2.36. The lowest BCUT2D eigenvalue weighted by atomic mass is 9.95. The average Bonchev–Trinajstić information content (AvgIpc) is 2.90. The molecule has 0 spiro atoms. The zero-order chi connectivity index (χ0) is 23.9. The Bertz CT molecular complexity index is 1070. The Morgan fingerprint density at radius 3 is 2.62 bits per heavy atom. The number of esters is 1. The van der Waals surface area contributed by atoms with Crippen LogP contribution in [0, 0.1) is 0 Å². The minimum atomic E-state index is -0.690. The summed E-state index contributed by atoms with van der Waals surface area (Å²) >= 11 is 0. The molecule has 0 radical (unpaired) electrons. The SMILES string of the molecule is COC(=O)c1ccc2c(c1)C(C(=O)C=O)N(CCCCN1CC=C(c3ccccc3)CC1)CN2. The lowest BCUT2D eigenvalue weighted by Crippen LogP contribution is -2.43. The highest BCUT2D eigenvalue weighted by Crippen LogP contribution is 2.33. The van der Waals surface area contributed by atoms with Gasteiger partial charge in [-0.3, -0.25) is 19.4 Å². The van der Waals surface area contributed by atoms with Crippen LogP contribution in [0.5, 0.6) is 0 Å². The van der Waals surface area contributed by atoms with Crippen LogP contribution in [0.25, 0.3) is 5.57 Å². The van der Waals surface area contributed by atoms with Gasteiger partial charge >= 0.3 is 5.97 Å². The molecule has 2 aliphatic rings. The van der Waals surface area contributed by atoms with Crippen molar-refractivity contribution in [2.45, 2.75) is 25.3 Å². The number of hydrogen-bond acceptors (Lipinski definition) is 7. The number of unbranched alkanes of at least 4 members (excludes halogenated alkanes) is 1. The van der Waals surface area contributed by atoms with Crippen molar-refractivity contribution in [3.05, 3.63) is 71.3 Å². The minimum absolute atomic E-state index is 0.363. The van der Waals surface area contributed by atoms with E-state index >= 15 is 0 Å². The molecule has 4 rings (SSSR count). The van der Waals surface area contributed by atoms with Gasteiger partial charge in [0.15, 0.2) is 6.29 Å². The third kappa shape index (κ3) is 5.43. The van der Waals surface area contributed by atoms with Gasteiger partial charge in [-0.05, 0) is 55.1 Å². The first-order chi connectivity index (χ1) is 16.6. The molecule has 0 amide bonds. The topological polar surface area (TPSA) is 79.0 Å². The number of ketones is 1. The number of nitrogens with one attached hydrogen (secondary N) is 1. The largest absolute Gasteiger partial charge is 0.465 e. The Morgan fingerprint density at radius 1 is 1.12 bits per heavy atom. The molecule has 0 aliphatic carbocycles. The number of aldehydes is 1. The summed E-state index contributed by atoms with van der Waals surface area (Å²) in [4.78, 5) is 40.3. The molecule has 1 N–H and O–H groups in total. The van der Waals surface area contributed by atoms with E-state index in [-0.39, 0.29) is 0 Å². The summed E-state index contributed by atoms with van der Waals surface area (Å²) in [5.74, 6) is -0.970. The van der Waals surface area contributed by atoms with Gasteiger partial charge in [0.1, 0.15) is 6.04 Å². The van der Waals surface area contributed by atoms with E-state index in [9.17, 15) is 14.4 Å². The summed E-state index contributed by atoms with van der Waals surface area (Å²) < 4.78 is 4.81. The number of carbonyl (C=O) groups excluding carboxylic acids is 3. The smallest absolute Gasteiger partial charge is 0.337 e. The summed E-state index contributed by atoms with van der Waals surface area (Å²) in [6.45, 7) is 4.14. The maximum absolute atomic E-state index is 12.6. The van der Waals surface area contributed by atoms with E-state index in [2.05, 4.69) is 40.6 Å². The second-order valence-corrected chi connectivity index (χ2v) is 8.72. The van der Waals surface area contributed by atoms with Crippen molar-refractivity contribution >= 4 is 29.3 Å². The van der Waals surface area contributed by atoms with Gasteiger partial charge in [-0.2, -0.15) is 0 Å². The maximum atomic E-state index is 12.6. The summed E-state index contributed by atoms with van der Waals surface area (Å²) in [6.07, 6.45) is 5.66. The molecule has 1 unspecified atom stereocenters. The monoisotopic (exact) mass is 461 g/mol. The van der Waals surface area contributed by atoms with E-state index in [1.54, 1.807) is 18.2 Å². The van der Waals surface area contributed by atoms with Gasteiger partial charge in [-0.25, -0.2) is 4.79 Å². The highest BCUT2D eigenvalue weighted by atomic mass is 16.5. The fraction of sp³-hybridized carbons (Fsp3) is 0.370. The number of anilines is 1. The second-order valence-electron chi connectivity index (χ2n) is 8.72. The first-order valence-corrected chi connectivity index (χ1v) is 11.8. The Balaban J connectivity index is 1.33. The molecule has 0 fully saturated rings. The van der Waals surface area contributed by atoms with Crippen molar-refractivity contribution in [2.24, 2.45) is 0 Å². The Hall–Kier alpha value is -3.29. The zero-order valence-electron chi connectivity index (χ0n) is 19.5. The zero-order valence-corrected chi connectivity index (χ0v) is 19.5. The molecule has 178 valence electrons. The number of fused-ring (bicyclic) bond motifs is 1. The normalized spacial score (nSPS) is 18.4. The van der Waals surface area contributed by atoms with Crippen LogP contribution in [0.1, 0.15) is 46.8 Å². The summed E-state index contributed by atoms with van der Waals surface area (Å²) in [5, 5.41) is 3.30. The number of ether oxygens (including phenoxy) is 1. The average molecular weight is 462 g/mol. The van der Waals surface area contributed by atoms with Crippen molar-refractivity contribution in [3.8, 4) is 0 Å². The highest BCUT2D eigenvalue weighted by Gasteiger charge is 2.33. The fourth-order valence-corrected chi connectivity index (χ4v) is 4.75. The number of Topliss-reactive ketones (excluding diaryl/α,β-unsaturated/α-hetero) is 1. The van der Waals surface area contributed by atoms with E-state index in [4.69, 9.17) is 4.74 Å². The highest BCUT2D eigenvalue weighted by molar-refractivity contribution is 6.27. The van der Waals surface area contributed by atoms with Crippen LogP contribution in [0.15, 0.2) is 54.6 Å². The first kappa shape index (κ1) is 23.9. The number of rotatable bonds is 9. The Morgan fingerprint density at radius 2 is 1.91 bits per heavy atom. The summed E-state index contributed by atoms with van der Waals surface area (Å²) in [6, 6.07) is 14.9. The maximum Gasteiger partial charge on any atom is 0.337 e. The summed E-state index contributed by atoms with van der Waals surface area (Å²) in [5.41, 5.74) is 4.48. The van der Waals surface area contributed by atoms with Crippen LogP contribution < -0.4 is 5.32 Å². The molecule has 2 aromatic rings. The van der Waals surface area contributed by atoms with Gasteiger partial charge in [-0.1, -0.05) is 36.4 Å². The van der Waals surface area contributed by atoms with Crippen molar-refractivity contribution in [1.29, 1.82) is 0 Å². The molecule has 7 nitrogen and oxygen atoms in total. The van der Waals surface area contributed by atoms with Crippen LogP contribution in [-0.2, 0) is 14.3 Å². The number of hydrogen-bond donors (Lipinski definition) is 1. The first-order valence-electron chi connectivity index (χ1n) is 11.8. The van der Waals surface area contributed by atoms with Crippen LogP contribution in [0.2, 0.25) is 0 Å². The number of methoxy groups -OCH3 is 1. The van der Waals surface area contributed by atoms with E-state index in [1.807, 2.05) is 11.0 Å². The van der Waals surface area contributed by atoms with Crippen molar-refractivity contribution in [2.75, 3.05) is 45.3 Å². The van der Waals surface area contributed by atoms with Crippen molar-refractivity contribution in [3.63, 3.8) is 0 Å². The van der Waals surface area contributed by atoms with Crippen LogP contribution >= 0.6 is 0 Å². The lowest BCUT2D eigenvalue weighted by molar-refractivity contribution is -0.133. The van der Waals surface area contributed by atoms with E-state index in [0.29, 0.717) is 30.6 Å². The number of carbonyl (C=O) groups is 3. The third-order valence-corrected chi connectivity index (χ3v) is 6.60. The molecule has 2 aromatic carbocycles. The molecule has 0 saturated heterocycles. The number of benzene rings is 2. The quantitative estimate of drug-likeness (QED) is 0.265. The molecule has 34 heavy (non-hydrogen) atoms. The van der Waals surface area contributed by atoms with Gasteiger partial charge in [0, 0.05) is 30.9 Å². The van der Waals surface area contributed by atoms with Gasteiger partial charge < -0.3 is 10.1 Å². The molecular weight excluding hydrogens is 430 g/mol. The predicted molar refractivity (Wildman–Crippen MR) is 131 cm³/mol. The molecule has 1 atom stereocenters. The molecule has 7 heteroatoms. The Kier molecular flexibility index (Phi) is 7.87. The van der Waals surface area contributed by atoms with Crippen LogP contribution in [0.4, 0.5) is 5.69 Å². The molecule has 2 heterocycles. The summed E-state index contributed by atoms with van der Waals surface area (Å²) in [7, 11) is 1.32. The molecule has 0 aromatic heterocycles. The Labute approximate surface area is 200 Å². The van der Waals surface area contributed by atoms with Gasteiger partial charge in [0.05, 0.1) is 19.3 Å². The van der Waals surface area contributed by atoms with Gasteiger partial charge in [-0.15, -0.1) is 0 Å². The molecule has 0 saturated carbocycles. The minimum Gasteiger partial charge on any atom is -0.465 e. The van der Waals surface area contributed by atoms with E-state index in [1.165, 1.54) is 18.2 Å². The fourth-order valence-electron chi connectivity index (χ4n) is 4.75. The molecule has 0 bridgehead atoms. The van der Waals surface area contributed by atoms with Crippen LogP contribution in [0.3, 0.4) is 0 Å². The standard InChI is InChI=1S/C27H31N3O4/c1-34-27(33)22-9-10-24-23(17-22)26(25(32)18-31)30(19-28-24)14-6-5-13-29-15-11-21(12-16-29)20-7-3-2-4-8-20/h2-4,7-11,17-18,26,28H,5-6,12-16,19H2,1H3. The second kappa shape index (κ2) is 11.2. The molecule has 2 aliphatic heterocycles. The number of nitrogens with zero attached hydrogens (tertiary/aromatic N) is 2. The van der Waals surface area contributed by atoms with Gasteiger partial charge in [0.2, 0.25) is 5.78 Å². The van der Waals surface area contributed by atoms with Gasteiger partial charge in [0.25, 0.3) is 0 Å². The van der Waals surface area contributed by atoms with E-state index in [0.717, 1.165) is 44.6 Å². The van der Waals surface area contributed by atoms with Crippen molar-refractivity contribution in [1.82, 2.24) is 9.80 Å². The third-order valence-electron chi connectivity index (χ3n) is 6.60. The van der Waals surface area contributed by atoms with Crippen molar-refractivity contribution < 1.29 is 19.1 Å². The van der Waals surface area contributed by atoms with E-state index < -0.39 is 17.8 Å². The predicted octanol–water partition coefficient (Wildman–Crippen LogP) is 3.54.